The van der Waals surface area contributed by atoms with Crippen LogP contribution in [0.15, 0.2) is 0 Å². The van der Waals surface area contributed by atoms with Crippen molar-refractivity contribution in [3.05, 3.63) is 0 Å². The van der Waals surface area contributed by atoms with Crippen molar-refractivity contribution in [2.24, 2.45) is 5.92 Å². The normalized spacial score (nSPS) is 18.3. The summed E-state index contributed by atoms with van der Waals surface area (Å²) in [7, 11) is 0. The average Bonchev–Trinajstić information content (AvgIpc) is 1.93. The fraction of sp³-hybridized carbons (Fsp3) is 1.00. The summed E-state index contributed by atoms with van der Waals surface area (Å²) in [4.78, 5) is 0. The molecule has 0 saturated carbocycles. The van der Waals surface area contributed by atoms with Crippen molar-refractivity contribution in [2.75, 3.05) is 26.2 Å². The fourth-order valence-corrected chi connectivity index (χ4v) is 1.30. The third-order valence-electron chi connectivity index (χ3n) is 2.26. The van der Waals surface area contributed by atoms with E-state index in [1.807, 2.05) is 0 Å². The molecule has 0 aromatic rings. The number of unbranched alkanes of at least 4 members (excludes halogenated alkanes) is 2. The molecular weight excluding hydrogens is 136 g/mol. The zero-order valence-corrected chi connectivity index (χ0v) is 7.53. The van der Waals surface area contributed by atoms with Crippen molar-refractivity contribution < 1.29 is 0 Å². The maximum atomic E-state index is 3.48. The standard InChI is InChI=1S/C9H20N2/c1-2-3-4-5-10-6-9-7-11-8-9/h9-11H,2-8H2,1H3. The van der Waals surface area contributed by atoms with Crippen LogP contribution in [0.1, 0.15) is 26.2 Å². The van der Waals surface area contributed by atoms with Crippen LogP contribution in [0.3, 0.4) is 0 Å². The van der Waals surface area contributed by atoms with Gasteiger partial charge in [-0.2, -0.15) is 0 Å². The van der Waals surface area contributed by atoms with E-state index in [0.717, 1.165) is 5.92 Å². The van der Waals surface area contributed by atoms with Gasteiger partial charge >= 0.3 is 0 Å². The molecule has 2 N–H and O–H groups in total. The molecule has 2 heteroatoms. The van der Waals surface area contributed by atoms with Crippen LogP contribution in [0, 0.1) is 5.92 Å². The molecule has 0 unspecified atom stereocenters. The minimum absolute atomic E-state index is 0.914. The molecule has 1 heterocycles. The molecule has 2 nitrogen and oxygen atoms in total. The Bertz CT molecular complexity index is 89.6. The predicted molar refractivity (Wildman–Crippen MR) is 48.8 cm³/mol. The monoisotopic (exact) mass is 156 g/mol. The molecule has 66 valence electrons. The number of nitrogens with one attached hydrogen (secondary N) is 2. The molecule has 0 aromatic carbocycles. The van der Waals surface area contributed by atoms with Crippen LogP contribution in [0.5, 0.6) is 0 Å². The van der Waals surface area contributed by atoms with Gasteiger partial charge in [0.05, 0.1) is 0 Å². The summed E-state index contributed by atoms with van der Waals surface area (Å²) >= 11 is 0. The van der Waals surface area contributed by atoms with Gasteiger partial charge in [-0.15, -0.1) is 0 Å². The molecule has 1 aliphatic rings. The summed E-state index contributed by atoms with van der Waals surface area (Å²) < 4.78 is 0. The molecule has 0 aromatic heterocycles. The maximum absolute atomic E-state index is 3.48. The highest BCUT2D eigenvalue weighted by Gasteiger charge is 2.14. The summed E-state index contributed by atoms with van der Waals surface area (Å²) in [5.41, 5.74) is 0. The molecule has 1 rings (SSSR count). The van der Waals surface area contributed by atoms with Crippen LogP contribution in [-0.4, -0.2) is 26.2 Å². The second-order valence-corrected chi connectivity index (χ2v) is 3.44. The van der Waals surface area contributed by atoms with Crippen molar-refractivity contribution >= 4 is 0 Å². The molecule has 0 radical (unpaired) electrons. The van der Waals surface area contributed by atoms with Crippen molar-refractivity contribution in [1.29, 1.82) is 0 Å². The average molecular weight is 156 g/mol. The summed E-state index contributed by atoms with van der Waals surface area (Å²) in [6.45, 7) is 7.12. The largest absolute Gasteiger partial charge is 0.316 e. The number of hydrogen-bond acceptors (Lipinski definition) is 2. The van der Waals surface area contributed by atoms with Gasteiger partial charge in [-0.25, -0.2) is 0 Å². The molecule has 0 bridgehead atoms. The second-order valence-electron chi connectivity index (χ2n) is 3.44. The quantitative estimate of drug-likeness (QED) is 0.560. The maximum Gasteiger partial charge on any atom is 0.000394 e. The first-order valence-electron chi connectivity index (χ1n) is 4.85. The molecule has 0 amide bonds. The molecule has 0 atom stereocenters. The highest BCUT2D eigenvalue weighted by Crippen LogP contribution is 1.99. The summed E-state index contributed by atoms with van der Waals surface area (Å²) in [6, 6.07) is 0. The van der Waals surface area contributed by atoms with Gasteiger partial charge in [-0.1, -0.05) is 19.8 Å². The van der Waals surface area contributed by atoms with Crippen LogP contribution in [0.25, 0.3) is 0 Å². The van der Waals surface area contributed by atoms with Gasteiger partial charge in [0.2, 0.25) is 0 Å². The molecule has 0 spiro atoms. The van der Waals surface area contributed by atoms with E-state index >= 15 is 0 Å². The smallest absolute Gasteiger partial charge is 0.000394 e. The zero-order chi connectivity index (χ0) is 7.94. The van der Waals surface area contributed by atoms with Crippen molar-refractivity contribution in [2.45, 2.75) is 26.2 Å². The lowest BCUT2D eigenvalue weighted by atomic mass is 10.0. The van der Waals surface area contributed by atoms with Gasteiger partial charge in [0.25, 0.3) is 0 Å². The third kappa shape index (κ3) is 3.73. The SMILES string of the molecule is CCCCCNCC1CNC1. The topological polar surface area (TPSA) is 24.1 Å². The second kappa shape index (κ2) is 5.56. The van der Waals surface area contributed by atoms with E-state index < -0.39 is 0 Å². The van der Waals surface area contributed by atoms with Crippen molar-refractivity contribution in [3.8, 4) is 0 Å². The molecule has 1 fully saturated rings. The summed E-state index contributed by atoms with van der Waals surface area (Å²) in [5, 5.41) is 6.76. The van der Waals surface area contributed by atoms with Crippen LogP contribution in [0.4, 0.5) is 0 Å². The molecule has 1 aliphatic heterocycles. The lowest BCUT2D eigenvalue weighted by Gasteiger charge is -2.27. The Hall–Kier alpha value is -0.0800. The Kier molecular flexibility index (Phi) is 4.55. The fourth-order valence-electron chi connectivity index (χ4n) is 1.30. The Morgan fingerprint density at radius 3 is 2.73 bits per heavy atom. The molecule has 0 aliphatic carbocycles. The summed E-state index contributed by atoms with van der Waals surface area (Å²) in [5.74, 6) is 0.914. The highest BCUT2D eigenvalue weighted by atomic mass is 15.0. The van der Waals surface area contributed by atoms with Crippen molar-refractivity contribution in [3.63, 3.8) is 0 Å². The predicted octanol–water partition coefficient (Wildman–Crippen LogP) is 0.986. The van der Waals surface area contributed by atoms with E-state index in [2.05, 4.69) is 17.6 Å². The Labute approximate surface area is 69.8 Å². The minimum Gasteiger partial charge on any atom is -0.316 e. The Morgan fingerprint density at radius 1 is 1.36 bits per heavy atom. The van der Waals surface area contributed by atoms with Crippen LogP contribution in [-0.2, 0) is 0 Å². The van der Waals surface area contributed by atoms with Gasteiger partial charge in [0.15, 0.2) is 0 Å². The lowest BCUT2D eigenvalue weighted by Crippen LogP contribution is -2.47. The zero-order valence-electron chi connectivity index (χ0n) is 7.53. The van der Waals surface area contributed by atoms with Gasteiger partial charge < -0.3 is 10.6 Å². The third-order valence-corrected chi connectivity index (χ3v) is 2.26. The van der Waals surface area contributed by atoms with Gasteiger partial charge in [-0.3, -0.25) is 0 Å². The van der Waals surface area contributed by atoms with E-state index in [1.165, 1.54) is 45.4 Å². The summed E-state index contributed by atoms with van der Waals surface area (Å²) in [6.07, 6.45) is 4.04. The van der Waals surface area contributed by atoms with Crippen LogP contribution in [0.2, 0.25) is 0 Å². The van der Waals surface area contributed by atoms with Crippen LogP contribution < -0.4 is 10.6 Å². The van der Waals surface area contributed by atoms with Crippen LogP contribution >= 0.6 is 0 Å². The van der Waals surface area contributed by atoms with Gasteiger partial charge in [0.1, 0.15) is 0 Å². The van der Waals surface area contributed by atoms with E-state index in [-0.39, 0.29) is 0 Å². The van der Waals surface area contributed by atoms with E-state index in [0.29, 0.717) is 0 Å². The lowest BCUT2D eigenvalue weighted by molar-refractivity contribution is 0.331. The molecule has 11 heavy (non-hydrogen) atoms. The van der Waals surface area contributed by atoms with Gasteiger partial charge in [0, 0.05) is 19.6 Å². The number of hydrogen-bond donors (Lipinski definition) is 2. The Morgan fingerprint density at radius 2 is 2.18 bits per heavy atom. The van der Waals surface area contributed by atoms with E-state index in [1.54, 1.807) is 0 Å². The van der Waals surface area contributed by atoms with E-state index in [9.17, 15) is 0 Å². The number of rotatable bonds is 6. The molecule has 1 saturated heterocycles. The first kappa shape index (κ1) is 9.01. The van der Waals surface area contributed by atoms with E-state index in [4.69, 9.17) is 0 Å². The highest BCUT2D eigenvalue weighted by molar-refractivity contribution is 4.76. The van der Waals surface area contributed by atoms with Crippen molar-refractivity contribution in [1.82, 2.24) is 10.6 Å². The Balaban J connectivity index is 1.73. The minimum atomic E-state index is 0.914. The molecular formula is C9H20N2. The first-order chi connectivity index (χ1) is 5.43. The first-order valence-corrected chi connectivity index (χ1v) is 4.85. The van der Waals surface area contributed by atoms with Gasteiger partial charge in [-0.05, 0) is 18.9 Å².